The maximum atomic E-state index is 7.29. The molecule has 3 nitrogen and oxygen atoms in total. The van der Waals surface area contributed by atoms with Gasteiger partial charge in [0.1, 0.15) is 5.75 Å². The third-order valence-electron chi connectivity index (χ3n) is 2.69. The van der Waals surface area contributed by atoms with Gasteiger partial charge in [0.05, 0.1) is 7.11 Å². The van der Waals surface area contributed by atoms with Crippen LogP contribution in [0.2, 0.25) is 0 Å². The van der Waals surface area contributed by atoms with Gasteiger partial charge in [-0.05, 0) is 42.5 Å². The summed E-state index contributed by atoms with van der Waals surface area (Å²) in [7, 11) is 1.48. The Morgan fingerprint density at radius 1 is 1.33 bits per heavy atom. The minimum atomic E-state index is 0.149. The molecule has 0 amide bonds. The van der Waals surface area contributed by atoms with Gasteiger partial charge in [0.25, 0.3) is 0 Å². The number of ether oxygens (including phenoxy) is 2. The molecule has 0 saturated carbocycles. The van der Waals surface area contributed by atoms with Crippen LogP contribution in [0.1, 0.15) is 17.5 Å². The van der Waals surface area contributed by atoms with E-state index in [1.54, 1.807) is 0 Å². The molecule has 0 spiro atoms. The highest BCUT2D eigenvalue weighted by atomic mass is 16.5. The van der Waals surface area contributed by atoms with Gasteiger partial charge < -0.3 is 9.47 Å². The number of aryl methyl sites for hydroxylation is 2. The number of hydrogen-bond acceptors (Lipinski definition) is 3. The van der Waals surface area contributed by atoms with Crippen LogP contribution in [0.5, 0.6) is 5.75 Å². The summed E-state index contributed by atoms with van der Waals surface area (Å²) in [6, 6.07) is 6.16. The summed E-state index contributed by atoms with van der Waals surface area (Å²) >= 11 is 0. The Bertz CT molecular complexity index is 374. The Labute approximate surface area is 89.5 Å². The number of methoxy groups -OCH3 is 1. The van der Waals surface area contributed by atoms with Gasteiger partial charge in [0.15, 0.2) is 6.61 Å². The highest BCUT2D eigenvalue weighted by Gasteiger charge is 2.11. The molecule has 0 saturated heterocycles. The van der Waals surface area contributed by atoms with Crippen molar-refractivity contribution in [3.63, 3.8) is 0 Å². The predicted molar refractivity (Wildman–Crippen MR) is 58.7 cm³/mol. The average Bonchev–Trinajstić information content (AvgIpc) is 2.72. The Balaban J connectivity index is 2.01. The van der Waals surface area contributed by atoms with Crippen LogP contribution in [-0.4, -0.2) is 19.6 Å². The van der Waals surface area contributed by atoms with Gasteiger partial charge in [-0.1, -0.05) is 6.07 Å². The van der Waals surface area contributed by atoms with Crippen molar-refractivity contribution < 1.29 is 9.47 Å². The van der Waals surface area contributed by atoms with E-state index in [1.807, 2.05) is 6.07 Å². The molecule has 1 aliphatic rings. The van der Waals surface area contributed by atoms with E-state index in [1.165, 1.54) is 31.1 Å². The second-order valence-corrected chi connectivity index (χ2v) is 3.70. The lowest BCUT2D eigenvalue weighted by Crippen LogP contribution is -2.11. The number of benzene rings is 1. The molecule has 0 radical (unpaired) electrons. The van der Waals surface area contributed by atoms with Gasteiger partial charge in [0.2, 0.25) is 5.90 Å². The van der Waals surface area contributed by atoms with E-state index in [0.717, 1.165) is 12.2 Å². The predicted octanol–water partition coefficient (Wildman–Crippen LogP) is 2.18. The van der Waals surface area contributed by atoms with Gasteiger partial charge in [-0.15, -0.1) is 0 Å². The standard InChI is InChI=1S/C12H15NO2/c1-14-12(13)8-15-11-6-5-9-3-2-4-10(9)7-11/h5-7,13H,2-4,8H2,1H3. The summed E-state index contributed by atoms with van der Waals surface area (Å²) in [4.78, 5) is 0. The average molecular weight is 205 g/mol. The van der Waals surface area contributed by atoms with E-state index in [2.05, 4.69) is 12.1 Å². The zero-order valence-electron chi connectivity index (χ0n) is 8.88. The molecule has 1 aromatic rings. The second-order valence-electron chi connectivity index (χ2n) is 3.70. The van der Waals surface area contributed by atoms with Crippen molar-refractivity contribution in [3.05, 3.63) is 29.3 Å². The van der Waals surface area contributed by atoms with E-state index in [-0.39, 0.29) is 12.5 Å². The number of hydrogen-bond donors (Lipinski definition) is 1. The van der Waals surface area contributed by atoms with E-state index in [9.17, 15) is 0 Å². The molecule has 1 aliphatic carbocycles. The smallest absolute Gasteiger partial charge is 0.219 e. The maximum Gasteiger partial charge on any atom is 0.219 e. The van der Waals surface area contributed by atoms with Crippen LogP contribution in [0.3, 0.4) is 0 Å². The lowest BCUT2D eigenvalue weighted by atomic mass is 10.1. The van der Waals surface area contributed by atoms with Crippen LogP contribution >= 0.6 is 0 Å². The monoisotopic (exact) mass is 205 g/mol. The summed E-state index contributed by atoms with van der Waals surface area (Å²) in [5.41, 5.74) is 2.82. The molecule has 0 atom stereocenters. The molecule has 3 heteroatoms. The normalized spacial score (nSPS) is 13.4. The van der Waals surface area contributed by atoms with E-state index >= 15 is 0 Å². The lowest BCUT2D eigenvalue weighted by molar-refractivity contribution is 0.309. The molecule has 0 heterocycles. The molecule has 80 valence electrons. The molecule has 0 aromatic heterocycles. The topological polar surface area (TPSA) is 42.3 Å². The van der Waals surface area contributed by atoms with Crippen LogP contribution in [0, 0.1) is 5.41 Å². The molecule has 2 rings (SSSR count). The third kappa shape index (κ3) is 2.29. The first-order valence-corrected chi connectivity index (χ1v) is 5.15. The van der Waals surface area contributed by atoms with Crippen LogP contribution < -0.4 is 4.74 Å². The quantitative estimate of drug-likeness (QED) is 0.607. The first-order valence-electron chi connectivity index (χ1n) is 5.15. The molecule has 15 heavy (non-hydrogen) atoms. The molecule has 0 aliphatic heterocycles. The fourth-order valence-corrected chi connectivity index (χ4v) is 1.85. The molecular formula is C12H15NO2. The van der Waals surface area contributed by atoms with Gasteiger partial charge >= 0.3 is 0 Å². The first-order chi connectivity index (χ1) is 7.29. The van der Waals surface area contributed by atoms with Crippen molar-refractivity contribution in [1.82, 2.24) is 0 Å². The Morgan fingerprint density at radius 3 is 2.93 bits per heavy atom. The van der Waals surface area contributed by atoms with Crippen molar-refractivity contribution in [3.8, 4) is 5.75 Å². The van der Waals surface area contributed by atoms with Crippen molar-refractivity contribution in [2.24, 2.45) is 0 Å². The summed E-state index contributed by atoms with van der Waals surface area (Å²) in [5.74, 6) is 0.980. The fraction of sp³-hybridized carbons (Fsp3) is 0.417. The molecule has 1 aromatic carbocycles. The van der Waals surface area contributed by atoms with E-state index in [4.69, 9.17) is 14.9 Å². The second kappa shape index (κ2) is 4.34. The first kappa shape index (κ1) is 10.0. The molecule has 0 fully saturated rings. The highest BCUT2D eigenvalue weighted by Crippen LogP contribution is 2.25. The summed E-state index contributed by atoms with van der Waals surface area (Å²) in [5, 5.41) is 7.29. The number of nitrogens with one attached hydrogen (secondary N) is 1. The van der Waals surface area contributed by atoms with Gasteiger partial charge in [-0.2, -0.15) is 0 Å². The lowest BCUT2D eigenvalue weighted by Gasteiger charge is -2.07. The Morgan fingerprint density at radius 2 is 2.13 bits per heavy atom. The van der Waals surface area contributed by atoms with Crippen molar-refractivity contribution in [1.29, 1.82) is 5.41 Å². The minimum Gasteiger partial charge on any atom is -0.484 e. The minimum absolute atomic E-state index is 0.149. The maximum absolute atomic E-state index is 7.29. The largest absolute Gasteiger partial charge is 0.484 e. The van der Waals surface area contributed by atoms with Gasteiger partial charge in [-0.3, -0.25) is 5.41 Å². The zero-order chi connectivity index (χ0) is 10.7. The molecule has 0 unspecified atom stereocenters. The molecular weight excluding hydrogens is 190 g/mol. The van der Waals surface area contributed by atoms with Crippen LogP contribution in [0.15, 0.2) is 18.2 Å². The zero-order valence-corrected chi connectivity index (χ0v) is 8.88. The van der Waals surface area contributed by atoms with Crippen LogP contribution in [-0.2, 0) is 17.6 Å². The van der Waals surface area contributed by atoms with Crippen molar-refractivity contribution in [2.75, 3.05) is 13.7 Å². The SMILES string of the molecule is COC(=N)COc1ccc2c(c1)CCC2. The van der Waals surface area contributed by atoms with Crippen LogP contribution in [0.4, 0.5) is 0 Å². The summed E-state index contributed by atoms with van der Waals surface area (Å²) in [6.07, 6.45) is 3.57. The Hall–Kier alpha value is -1.51. The van der Waals surface area contributed by atoms with Crippen molar-refractivity contribution in [2.45, 2.75) is 19.3 Å². The summed E-state index contributed by atoms with van der Waals surface area (Å²) < 4.78 is 10.2. The molecule has 1 N–H and O–H groups in total. The van der Waals surface area contributed by atoms with Gasteiger partial charge in [-0.25, -0.2) is 0 Å². The fourth-order valence-electron chi connectivity index (χ4n) is 1.85. The number of rotatable bonds is 3. The Kier molecular flexibility index (Phi) is 2.90. The van der Waals surface area contributed by atoms with Crippen LogP contribution in [0.25, 0.3) is 0 Å². The van der Waals surface area contributed by atoms with E-state index in [0.29, 0.717) is 0 Å². The third-order valence-corrected chi connectivity index (χ3v) is 2.69. The molecule has 0 bridgehead atoms. The summed E-state index contributed by atoms with van der Waals surface area (Å²) in [6.45, 7) is 0.204. The van der Waals surface area contributed by atoms with Crippen molar-refractivity contribution >= 4 is 5.90 Å². The van der Waals surface area contributed by atoms with Gasteiger partial charge in [0, 0.05) is 0 Å². The number of fused-ring (bicyclic) bond motifs is 1. The van der Waals surface area contributed by atoms with E-state index < -0.39 is 0 Å². The highest BCUT2D eigenvalue weighted by molar-refractivity contribution is 5.74.